The second-order valence-electron chi connectivity index (χ2n) is 4.91. The summed E-state index contributed by atoms with van der Waals surface area (Å²) < 4.78 is 1.24. The highest BCUT2D eigenvalue weighted by molar-refractivity contribution is 14.1. The van der Waals surface area contributed by atoms with E-state index in [0.717, 1.165) is 0 Å². The molecule has 0 saturated heterocycles. The quantitative estimate of drug-likeness (QED) is 0.302. The number of aliphatic hydroxyl groups is 1. The van der Waals surface area contributed by atoms with Crippen LogP contribution in [0.5, 0.6) is 0 Å². The van der Waals surface area contributed by atoms with Crippen LogP contribution in [0.4, 0.5) is 5.69 Å². The molecule has 21 heavy (non-hydrogen) atoms. The van der Waals surface area contributed by atoms with Crippen molar-refractivity contribution >= 4 is 85.3 Å². The van der Waals surface area contributed by atoms with Crippen molar-refractivity contribution in [2.45, 2.75) is 19.4 Å². The minimum atomic E-state index is -1.14. The van der Waals surface area contributed by atoms with Crippen LogP contribution in [0.3, 0.4) is 0 Å². The van der Waals surface area contributed by atoms with Crippen molar-refractivity contribution in [1.82, 2.24) is 5.32 Å². The highest BCUT2D eigenvalue weighted by Crippen LogP contribution is 2.33. The maximum Gasteiger partial charge on any atom is 0.337 e. The second kappa shape index (κ2) is 7.12. The van der Waals surface area contributed by atoms with Gasteiger partial charge in [-0.25, -0.2) is 4.79 Å². The summed E-state index contributed by atoms with van der Waals surface area (Å²) in [5.74, 6) is -1.60. The lowest BCUT2D eigenvalue weighted by Crippen LogP contribution is -2.46. The first-order valence-electron chi connectivity index (χ1n) is 5.66. The van der Waals surface area contributed by atoms with E-state index in [2.05, 4.69) is 5.32 Å². The first kappa shape index (κ1) is 19.2. The third-order valence-corrected chi connectivity index (χ3v) is 5.96. The number of hydrogen-bond donors (Lipinski definition) is 4. The molecule has 6 nitrogen and oxygen atoms in total. The van der Waals surface area contributed by atoms with E-state index in [1.165, 1.54) is 0 Å². The predicted molar refractivity (Wildman–Crippen MR) is 105 cm³/mol. The molecule has 0 aliphatic carbocycles. The fourth-order valence-corrected chi connectivity index (χ4v) is 5.60. The Morgan fingerprint density at radius 1 is 1.14 bits per heavy atom. The number of benzene rings is 1. The van der Waals surface area contributed by atoms with Crippen LogP contribution >= 0.6 is 67.8 Å². The van der Waals surface area contributed by atoms with Crippen LogP contribution in [0.1, 0.15) is 34.6 Å². The Bertz CT molecular complexity index is 617. The number of carbonyl (C=O) groups is 2. The third kappa shape index (κ3) is 4.10. The van der Waals surface area contributed by atoms with E-state index >= 15 is 0 Å². The summed E-state index contributed by atoms with van der Waals surface area (Å²) in [5.41, 5.74) is 5.59. The molecule has 116 valence electrons. The number of carbonyl (C=O) groups excluding carboxylic acids is 1. The van der Waals surface area contributed by atoms with Gasteiger partial charge in [-0.2, -0.15) is 0 Å². The number of aliphatic hydroxyl groups excluding tert-OH is 1. The average molecular weight is 630 g/mol. The lowest BCUT2D eigenvalue weighted by Gasteiger charge is -2.25. The number of nitrogens with two attached hydrogens (primary N) is 1. The highest BCUT2D eigenvalue weighted by atomic mass is 127. The van der Waals surface area contributed by atoms with E-state index in [-0.39, 0.29) is 23.4 Å². The van der Waals surface area contributed by atoms with Crippen molar-refractivity contribution in [2.75, 3.05) is 12.3 Å². The Morgan fingerprint density at radius 3 is 2.05 bits per heavy atom. The summed E-state index contributed by atoms with van der Waals surface area (Å²) in [6.07, 6.45) is 0. The Hall–Kier alpha value is 0.110. The zero-order valence-electron chi connectivity index (χ0n) is 11.1. The Morgan fingerprint density at radius 2 is 1.62 bits per heavy atom. The number of carboxylic acid groups (broad SMARTS) is 1. The molecule has 1 amide bonds. The molecule has 0 bridgehead atoms. The number of nitrogen functional groups attached to an aromatic ring is 1. The zero-order chi connectivity index (χ0) is 16.5. The third-order valence-electron chi connectivity index (χ3n) is 2.64. The molecule has 0 saturated carbocycles. The van der Waals surface area contributed by atoms with Crippen LogP contribution in [0, 0.1) is 10.7 Å². The SMILES string of the molecule is CC(C)(CO)NC(=O)c1c(I)c(N)c(I)c(C(=O)O)c1I. The van der Waals surface area contributed by atoms with Crippen LogP contribution < -0.4 is 11.1 Å². The van der Waals surface area contributed by atoms with E-state index < -0.39 is 17.4 Å². The molecule has 0 spiro atoms. The molecule has 0 aromatic heterocycles. The maximum atomic E-state index is 12.4. The highest BCUT2D eigenvalue weighted by Gasteiger charge is 2.29. The van der Waals surface area contributed by atoms with Gasteiger partial charge in [-0.3, -0.25) is 4.79 Å². The van der Waals surface area contributed by atoms with Gasteiger partial charge in [0.25, 0.3) is 5.91 Å². The molecule has 0 heterocycles. The van der Waals surface area contributed by atoms with Crippen molar-refractivity contribution in [3.63, 3.8) is 0 Å². The number of anilines is 1. The van der Waals surface area contributed by atoms with Gasteiger partial charge < -0.3 is 21.3 Å². The Kier molecular flexibility index (Phi) is 6.50. The number of amides is 1. The summed E-state index contributed by atoms with van der Waals surface area (Å²) in [7, 11) is 0. The molecule has 0 atom stereocenters. The van der Waals surface area contributed by atoms with Crippen molar-refractivity contribution in [1.29, 1.82) is 0 Å². The molecule has 0 fully saturated rings. The minimum Gasteiger partial charge on any atom is -0.478 e. The summed E-state index contributed by atoms with van der Waals surface area (Å²) in [6.45, 7) is 3.09. The number of hydrogen-bond acceptors (Lipinski definition) is 4. The molecule has 0 aliphatic heterocycles. The smallest absolute Gasteiger partial charge is 0.337 e. The molecular formula is C12H13I3N2O4. The van der Waals surface area contributed by atoms with Crippen molar-refractivity contribution in [3.05, 3.63) is 21.8 Å². The lowest BCUT2D eigenvalue weighted by atomic mass is 10.0. The standard InChI is InChI=1S/C12H13I3N2O4/c1-12(2,3-18)17-10(19)4-6(13)5(11(20)21)8(15)9(16)7(4)14/h18H,3,16H2,1-2H3,(H,17,19)(H,20,21). The summed E-state index contributed by atoms with van der Waals surface area (Å²) in [5, 5.41) is 21.2. The second-order valence-corrected chi connectivity index (χ2v) is 8.14. The largest absolute Gasteiger partial charge is 0.478 e. The monoisotopic (exact) mass is 630 g/mol. The zero-order valence-corrected chi connectivity index (χ0v) is 17.6. The van der Waals surface area contributed by atoms with Gasteiger partial charge in [-0.05, 0) is 81.6 Å². The fraction of sp³-hybridized carbons (Fsp3) is 0.333. The predicted octanol–water partition coefficient (Wildman–Crippen LogP) is 2.28. The Labute approximate surface area is 162 Å². The van der Waals surface area contributed by atoms with E-state index in [1.54, 1.807) is 13.8 Å². The summed E-state index contributed by atoms with van der Waals surface area (Å²) >= 11 is 5.62. The molecule has 1 rings (SSSR count). The first-order valence-corrected chi connectivity index (χ1v) is 8.89. The van der Waals surface area contributed by atoms with E-state index in [0.29, 0.717) is 10.7 Å². The average Bonchev–Trinajstić information content (AvgIpc) is 2.35. The number of carboxylic acids is 1. The van der Waals surface area contributed by atoms with Gasteiger partial charge in [0.05, 0.1) is 36.1 Å². The molecule has 1 aromatic rings. The molecule has 0 aliphatic rings. The summed E-state index contributed by atoms with van der Waals surface area (Å²) in [4.78, 5) is 23.8. The van der Waals surface area contributed by atoms with E-state index in [1.807, 2.05) is 67.8 Å². The topological polar surface area (TPSA) is 113 Å². The van der Waals surface area contributed by atoms with E-state index in [9.17, 15) is 19.8 Å². The number of aromatic carboxylic acids is 1. The van der Waals surface area contributed by atoms with Crippen LogP contribution in [0.2, 0.25) is 0 Å². The van der Waals surface area contributed by atoms with Gasteiger partial charge >= 0.3 is 5.97 Å². The van der Waals surface area contributed by atoms with Crippen molar-refractivity contribution in [3.8, 4) is 0 Å². The van der Waals surface area contributed by atoms with Crippen molar-refractivity contribution < 1.29 is 19.8 Å². The van der Waals surface area contributed by atoms with Crippen molar-refractivity contribution in [2.24, 2.45) is 0 Å². The van der Waals surface area contributed by atoms with Gasteiger partial charge in [0.2, 0.25) is 0 Å². The normalized spacial score (nSPS) is 11.3. The molecule has 9 heteroatoms. The van der Waals surface area contributed by atoms with Crippen LogP contribution in [0.25, 0.3) is 0 Å². The number of halogens is 3. The molecule has 5 N–H and O–H groups in total. The lowest BCUT2D eigenvalue weighted by molar-refractivity contribution is 0.0694. The van der Waals surface area contributed by atoms with Gasteiger partial charge in [-0.1, -0.05) is 0 Å². The van der Waals surface area contributed by atoms with Gasteiger partial charge in [0.15, 0.2) is 0 Å². The van der Waals surface area contributed by atoms with Crippen LogP contribution in [0.15, 0.2) is 0 Å². The Balaban J connectivity index is 3.50. The van der Waals surface area contributed by atoms with Crippen LogP contribution in [-0.2, 0) is 0 Å². The fourth-order valence-electron chi connectivity index (χ4n) is 1.48. The molecule has 0 radical (unpaired) electrons. The van der Waals surface area contributed by atoms with Crippen LogP contribution in [-0.4, -0.2) is 34.2 Å². The molecule has 1 aromatic carbocycles. The summed E-state index contributed by atoms with van der Waals surface area (Å²) in [6, 6.07) is 0. The van der Waals surface area contributed by atoms with E-state index in [4.69, 9.17) is 5.73 Å². The van der Waals surface area contributed by atoms with Gasteiger partial charge in [-0.15, -0.1) is 0 Å². The van der Waals surface area contributed by atoms with Gasteiger partial charge in [0, 0.05) is 3.57 Å². The molecular weight excluding hydrogens is 617 g/mol. The van der Waals surface area contributed by atoms with Gasteiger partial charge in [0.1, 0.15) is 0 Å². The number of rotatable bonds is 4. The number of nitrogens with one attached hydrogen (secondary N) is 1. The minimum absolute atomic E-state index is 0.0149. The maximum absolute atomic E-state index is 12.4. The first-order chi connectivity index (χ1) is 9.53. The molecule has 0 unspecified atom stereocenters.